The number of hydrogen-bond acceptors (Lipinski definition) is 5. The first-order valence-corrected chi connectivity index (χ1v) is 6.22. The van der Waals surface area contributed by atoms with E-state index in [0.29, 0.717) is 11.3 Å². The van der Waals surface area contributed by atoms with E-state index in [1.54, 1.807) is 6.92 Å². The summed E-state index contributed by atoms with van der Waals surface area (Å²) >= 11 is 0. The summed E-state index contributed by atoms with van der Waals surface area (Å²) in [5, 5.41) is 21.6. The number of nitrogens with one attached hydrogen (secondary N) is 1. The highest BCUT2D eigenvalue weighted by atomic mass is 16.5. The summed E-state index contributed by atoms with van der Waals surface area (Å²) in [7, 11) is 2.79. The standard InChI is InChI=1S/C14H16N2O5/c1-7-11(13(19)21-3)12(15-14(20)16(7)2)8-4-5-9(17)10(18)6-8/h4-6,12,17-18H,1-3H3,(H,15,20)/t12-/m0/s1. The quantitative estimate of drug-likeness (QED) is 0.562. The maximum atomic E-state index is 12.0. The molecule has 1 aliphatic heterocycles. The molecule has 0 aliphatic carbocycles. The third kappa shape index (κ3) is 2.49. The van der Waals surface area contributed by atoms with E-state index in [2.05, 4.69) is 5.32 Å². The molecule has 21 heavy (non-hydrogen) atoms. The van der Waals surface area contributed by atoms with Crippen LogP contribution in [0.25, 0.3) is 0 Å². The van der Waals surface area contributed by atoms with Crippen molar-refractivity contribution in [2.45, 2.75) is 13.0 Å². The third-order valence-corrected chi connectivity index (χ3v) is 3.49. The third-order valence-electron chi connectivity index (χ3n) is 3.49. The molecule has 1 aromatic carbocycles. The number of carbonyl (C=O) groups excluding carboxylic acids is 2. The molecule has 3 N–H and O–H groups in total. The molecule has 0 radical (unpaired) electrons. The molecular formula is C14H16N2O5. The summed E-state index contributed by atoms with van der Waals surface area (Å²) in [4.78, 5) is 25.2. The van der Waals surface area contributed by atoms with Crippen LogP contribution in [0.1, 0.15) is 18.5 Å². The zero-order valence-corrected chi connectivity index (χ0v) is 11.9. The molecule has 7 nitrogen and oxygen atoms in total. The highest BCUT2D eigenvalue weighted by Crippen LogP contribution is 2.34. The summed E-state index contributed by atoms with van der Waals surface area (Å²) < 4.78 is 4.76. The van der Waals surface area contributed by atoms with Crippen molar-refractivity contribution in [3.63, 3.8) is 0 Å². The fourth-order valence-corrected chi connectivity index (χ4v) is 2.18. The van der Waals surface area contributed by atoms with Crippen molar-refractivity contribution in [2.24, 2.45) is 0 Å². The number of amides is 2. The number of phenols is 2. The van der Waals surface area contributed by atoms with E-state index in [0.717, 1.165) is 0 Å². The predicted octanol–water partition coefficient (Wildman–Crippen LogP) is 1.24. The van der Waals surface area contributed by atoms with Crippen molar-refractivity contribution in [3.05, 3.63) is 35.0 Å². The number of rotatable bonds is 2. The van der Waals surface area contributed by atoms with Crippen molar-refractivity contribution >= 4 is 12.0 Å². The van der Waals surface area contributed by atoms with Gasteiger partial charge in [0, 0.05) is 12.7 Å². The average Bonchev–Trinajstić information content (AvgIpc) is 2.46. The average molecular weight is 292 g/mol. The summed E-state index contributed by atoms with van der Waals surface area (Å²) in [5.41, 5.74) is 1.19. The second kappa shape index (κ2) is 5.35. The lowest BCUT2D eigenvalue weighted by Crippen LogP contribution is -2.46. The molecule has 7 heteroatoms. The Kier molecular flexibility index (Phi) is 3.75. The molecule has 0 bridgehead atoms. The maximum Gasteiger partial charge on any atom is 0.337 e. The van der Waals surface area contributed by atoms with Crippen LogP contribution in [0, 0.1) is 0 Å². The van der Waals surface area contributed by atoms with Crippen LogP contribution in [0.3, 0.4) is 0 Å². The van der Waals surface area contributed by atoms with E-state index in [9.17, 15) is 19.8 Å². The Labute approximate surface area is 121 Å². The summed E-state index contributed by atoms with van der Waals surface area (Å²) in [5.74, 6) is -1.18. The molecule has 0 aromatic heterocycles. The van der Waals surface area contributed by atoms with E-state index in [4.69, 9.17) is 4.74 Å². The minimum atomic E-state index is -0.757. The first-order chi connectivity index (χ1) is 9.86. The molecule has 0 fully saturated rings. The normalized spacial score (nSPS) is 18.5. The zero-order valence-electron chi connectivity index (χ0n) is 11.9. The van der Waals surface area contributed by atoms with E-state index in [-0.39, 0.29) is 23.1 Å². The van der Waals surface area contributed by atoms with Crippen LogP contribution in [-0.2, 0) is 9.53 Å². The van der Waals surface area contributed by atoms with Gasteiger partial charge >= 0.3 is 12.0 Å². The van der Waals surface area contributed by atoms with Gasteiger partial charge < -0.3 is 25.2 Å². The number of allylic oxidation sites excluding steroid dienone is 1. The largest absolute Gasteiger partial charge is 0.504 e. The maximum absolute atomic E-state index is 12.0. The smallest absolute Gasteiger partial charge is 0.337 e. The van der Waals surface area contributed by atoms with Gasteiger partial charge in [0.25, 0.3) is 0 Å². The van der Waals surface area contributed by atoms with Crippen LogP contribution >= 0.6 is 0 Å². The molecule has 1 aromatic rings. The topological polar surface area (TPSA) is 99.1 Å². The predicted molar refractivity (Wildman–Crippen MR) is 73.5 cm³/mol. The van der Waals surface area contributed by atoms with Gasteiger partial charge in [-0.2, -0.15) is 0 Å². The number of carbonyl (C=O) groups is 2. The first-order valence-electron chi connectivity index (χ1n) is 6.22. The van der Waals surface area contributed by atoms with Gasteiger partial charge in [-0.3, -0.25) is 0 Å². The second-order valence-electron chi connectivity index (χ2n) is 4.68. The number of hydrogen-bond donors (Lipinski definition) is 3. The van der Waals surface area contributed by atoms with Crippen molar-refractivity contribution in [3.8, 4) is 11.5 Å². The molecule has 1 atom stereocenters. The van der Waals surface area contributed by atoms with Gasteiger partial charge in [-0.15, -0.1) is 0 Å². The lowest BCUT2D eigenvalue weighted by Gasteiger charge is -2.33. The minimum Gasteiger partial charge on any atom is -0.504 e. The van der Waals surface area contributed by atoms with Crippen molar-refractivity contribution < 1.29 is 24.5 Å². The highest BCUT2D eigenvalue weighted by Gasteiger charge is 2.34. The van der Waals surface area contributed by atoms with Gasteiger partial charge in [-0.25, -0.2) is 9.59 Å². The molecule has 0 saturated heterocycles. The van der Waals surface area contributed by atoms with Crippen LogP contribution in [0.15, 0.2) is 29.5 Å². The fourth-order valence-electron chi connectivity index (χ4n) is 2.18. The Balaban J connectivity index is 2.56. The molecule has 1 aliphatic rings. The van der Waals surface area contributed by atoms with Crippen LogP contribution < -0.4 is 5.32 Å². The number of esters is 1. The van der Waals surface area contributed by atoms with Gasteiger partial charge in [0.15, 0.2) is 11.5 Å². The summed E-state index contributed by atoms with van der Waals surface area (Å²) in [6, 6.07) is 2.97. The number of urea groups is 1. The number of benzene rings is 1. The lowest BCUT2D eigenvalue weighted by atomic mass is 9.95. The molecule has 2 amide bonds. The van der Waals surface area contributed by atoms with Crippen molar-refractivity contribution in [1.29, 1.82) is 0 Å². The number of ether oxygens (including phenoxy) is 1. The number of phenolic OH excluding ortho intramolecular Hbond substituents is 2. The van der Waals surface area contributed by atoms with E-state index in [1.165, 1.54) is 37.3 Å². The second-order valence-corrected chi connectivity index (χ2v) is 4.68. The lowest BCUT2D eigenvalue weighted by molar-refractivity contribution is -0.136. The molecule has 0 saturated carbocycles. The minimum absolute atomic E-state index is 0.268. The summed E-state index contributed by atoms with van der Waals surface area (Å²) in [6.45, 7) is 1.64. The highest BCUT2D eigenvalue weighted by molar-refractivity contribution is 5.94. The zero-order chi connectivity index (χ0) is 15.7. The van der Waals surface area contributed by atoms with E-state index >= 15 is 0 Å². The molecule has 1 heterocycles. The van der Waals surface area contributed by atoms with Gasteiger partial charge in [0.05, 0.1) is 18.7 Å². The molecule has 2 rings (SSSR count). The van der Waals surface area contributed by atoms with Crippen LogP contribution in [0.5, 0.6) is 11.5 Å². The van der Waals surface area contributed by atoms with Crippen molar-refractivity contribution in [1.82, 2.24) is 10.2 Å². The Hall–Kier alpha value is -2.70. The van der Waals surface area contributed by atoms with Gasteiger partial charge in [0.1, 0.15) is 0 Å². The Bertz CT molecular complexity index is 638. The van der Waals surface area contributed by atoms with Crippen LogP contribution in [0.4, 0.5) is 4.79 Å². The van der Waals surface area contributed by atoms with Crippen LogP contribution in [-0.4, -0.2) is 41.3 Å². The van der Waals surface area contributed by atoms with Crippen molar-refractivity contribution in [2.75, 3.05) is 14.2 Å². The van der Waals surface area contributed by atoms with Crippen LogP contribution in [0.2, 0.25) is 0 Å². The molecular weight excluding hydrogens is 276 g/mol. The molecule has 0 spiro atoms. The van der Waals surface area contributed by atoms with Gasteiger partial charge in [0.2, 0.25) is 0 Å². The Morgan fingerprint density at radius 2 is 2.00 bits per heavy atom. The fraction of sp³-hybridized carbons (Fsp3) is 0.286. The number of aromatic hydroxyl groups is 2. The number of methoxy groups -OCH3 is 1. The van der Waals surface area contributed by atoms with E-state index in [1.807, 2.05) is 0 Å². The first kappa shape index (κ1) is 14.7. The Morgan fingerprint density at radius 1 is 1.33 bits per heavy atom. The number of nitrogens with zero attached hydrogens (tertiary/aromatic N) is 1. The molecule has 112 valence electrons. The van der Waals surface area contributed by atoms with Gasteiger partial charge in [-0.05, 0) is 24.6 Å². The monoisotopic (exact) mass is 292 g/mol. The van der Waals surface area contributed by atoms with Gasteiger partial charge in [-0.1, -0.05) is 6.07 Å². The van der Waals surface area contributed by atoms with E-state index < -0.39 is 12.0 Å². The summed E-state index contributed by atoms with van der Waals surface area (Å²) in [6.07, 6.45) is 0. The Morgan fingerprint density at radius 3 is 2.57 bits per heavy atom. The molecule has 0 unspecified atom stereocenters. The SMILES string of the molecule is COC(=O)C1=C(C)N(C)C(=O)N[C@H]1c1ccc(O)c(O)c1.